The summed E-state index contributed by atoms with van der Waals surface area (Å²) < 4.78 is 40.6. The van der Waals surface area contributed by atoms with Gasteiger partial charge in [0.2, 0.25) is 0 Å². The van der Waals surface area contributed by atoms with Crippen molar-refractivity contribution in [1.82, 2.24) is 19.7 Å². The lowest BCUT2D eigenvalue weighted by molar-refractivity contribution is -0.137. The van der Waals surface area contributed by atoms with Crippen molar-refractivity contribution in [2.24, 2.45) is 0 Å². The second-order valence-electron chi connectivity index (χ2n) is 7.78. The fraction of sp³-hybridized carbons (Fsp3) is 0.174. The van der Waals surface area contributed by atoms with Crippen molar-refractivity contribution >= 4 is 46.3 Å². The zero-order valence-electron chi connectivity index (χ0n) is 18.6. The van der Waals surface area contributed by atoms with Crippen LogP contribution in [0.4, 0.5) is 24.8 Å². The maximum absolute atomic E-state index is 13.0. The number of carbonyl (C=O) groups excluding carboxylic acids is 2. The average Bonchev–Trinajstić information content (AvgIpc) is 3.47. The second-order valence-corrected chi connectivity index (χ2v) is 9.25. The molecule has 0 spiro atoms. The molecule has 13 heteroatoms. The molecule has 1 amide bonds. The molecule has 0 radical (unpaired) electrons. The molecule has 4 aromatic rings. The number of Topliss-reactive ketones (excluding diaryl/α,β-unsaturated/α-hetero) is 1. The van der Waals surface area contributed by atoms with Gasteiger partial charge in [0.25, 0.3) is 5.91 Å². The third-order valence-corrected chi connectivity index (χ3v) is 6.70. The van der Waals surface area contributed by atoms with E-state index in [1.165, 1.54) is 17.1 Å². The Balaban J connectivity index is 1.43. The van der Waals surface area contributed by atoms with Crippen LogP contribution in [0.1, 0.15) is 49.9 Å². The molecular formula is C23H18ClF3N6O2S. The zero-order chi connectivity index (χ0) is 26.0. The summed E-state index contributed by atoms with van der Waals surface area (Å²) in [5.41, 5.74) is 6.02. The van der Waals surface area contributed by atoms with Gasteiger partial charge in [-0.1, -0.05) is 36.7 Å². The molecule has 3 N–H and O–H groups in total. The molecule has 0 unspecified atom stereocenters. The SMILES string of the molecule is C[C@@H](CC(=O)c1cnn(-c2ccccc2)c1N)c1ncc(C(=O)Nc2cc(C(F)(F)F)c(Cl)cn2)s1. The number of rotatable bonds is 7. The molecule has 0 aliphatic heterocycles. The Morgan fingerprint density at radius 1 is 1.17 bits per heavy atom. The fourth-order valence-electron chi connectivity index (χ4n) is 3.35. The average molecular weight is 535 g/mol. The largest absolute Gasteiger partial charge is 0.418 e. The Bertz CT molecular complexity index is 1420. The van der Waals surface area contributed by atoms with Crippen LogP contribution in [-0.4, -0.2) is 31.4 Å². The molecule has 0 bridgehead atoms. The summed E-state index contributed by atoms with van der Waals surface area (Å²) >= 11 is 6.58. The number of nitrogens with zero attached hydrogens (tertiary/aromatic N) is 4. The first kappa shape index (κ1) is 25.3. The first-order valence-electron chi connectivity index (χ1n) is 10.5. The molecule has 0 fully saturated rings. The Morgan fingerprint density at radius 2 is 1.89 bits per heavy atom. The highest BCUT2D eigenvalue weighted by molar-refractivity contribution is 7.13. The topological polar surface area (TPSA) is 116 Å². The van der Waals surface area contributed by atoms with E-state index in [9.17, 15) is 22.8 Å². The highest BCUT2D eigenvalue weighted by Gasteiger charge is 2.34. The standard InChI is InChI=1S/C23H18ClF3N6O2S/c1-12(7-17(34)14-9-31-33(20(14)28)13-5-3-2-4-6-13)22-30-11-18(36-22)21(35)32-19-8-15(23(25,26)27)16(24)10-29-19/h2-6,8-12H,7,28H2,1H3,(H,29,32,35)/t12-/m0/s1. The number of pyridine rings is 1. The quantitative estimate of drug-likeness (QED) is 0.298. The van der Waals surface area contributed by atoms with E-state index in [0.29, 0.717) is 11.1 Å². The molecule has 3 aromatic heterocycles. The highest BCUT2D eigenvalue weighted by Crippen LogP contribution is 2.35. The number of hydrogen-bond acceptors (Lipinski definition) is 7. The number of aromatic nitrogens is 4. The highest BCUT2D eigenvalue weighted by atomic mass is 35.5. The number of nitrogens with one attached hydrogen (secondary N) is 1. The number of carbonyl (C=O) groups is 2. The number of anilines is 2. The second kappa shape index (κ2) is 10.1. The van der Waals surface area contributed by atoms with E-state index in [1.807, 2.05) is 30.3 Å². The Labute approximate surface area is 211 Å². The predicted octanol–water partition coefficient (Wildman–Crippen LogP) is 5.61. The summed E-state index contributed by atoms with van der Waals surface area (Å²) in [5.74, 6) is -1.37. The summed E-state index contributed by atoms with van der Waals surface area (Å²) in [6.07, 6.45) is -1.12. The molecule has 8 nitrogen and oxygen atoms in total. The van der Waals surface area contributed by atoms with Crippen LogP contribution in [-0.2, 0) is 6.18 Å². The minimum absolute atomic E-state index is 0.0624. The van der Waals surface area contributed by atoms with Gasteiger partial charge in [0.1, 0.15) is 16.5 Å². The van der Waals surface area contributed by atoms with Crippen molar-refractivity contribution in [2.75, 3.05) is 11.1 Å². The van der Waals surface area contributed by atoms with E-state index in [-0.39, 0.29) is 40.2 Å². The number of benzene rings is 1. The normalized spacial score (nSPS) is 12.4. The molecule has 0 saturated carbocycles. The predicted molar refractivity (Wildman–Crippen MR) is 130 cm³/mol. The van der Waals surface area contributed by atoms with Gasteiger partial charge in [-0.25, -0.2) is 14.6 Å². The molecule has 1 atom stereocenters. The van der Waals surface area contributed by atoms with Crippen LogP contribution >= 0.6 is 22.9 Å². The van der Waals surface area contributed by atoms with Gasteiger partial charge in [-0.15, -0.1) is 11.3 Å². The lowest BCUT2D eigenvalue weighted by Crippen LogP contribution is -2.13. The lowest BCUT2D eigenvalue weighted by atomic mass is 10.0. The van der Waals surface area contributed by atoms with E-state index < -0.39 is 22.7 Å². The summed E-state index contributed by atoms with van der Waals surface area (Å²) in [6.45, 7) is 1.77. The van der Waals surface area contributed by atoms with Gasteiger partial charge in [-0.2, -0.15) is 18.3 Å². The molecule has 1 aromatic carbocycles. The van der Waals surface area contributed by atoms with Gasteiger partial charge in [0, 0.05) is 18.5 Å². The first-order valence-corrected chi connectivity index (χ1v) is 11.7. The number of para-hydroxylation sites is 1. The first-order chi connectivity index (χ1) is 17.0. The molecule has 0 saturated heterocycles. The molecular weight excluding hydrogens is 517 g/mol. The van der Waals surface area contributed by atoms with Gasteiger partial charge >= 0.3 is 6.18 Å². The van der Waals surface area contributed by atoms with Crippen LogP contribution in [0, 0.1) is 0 Å². The van der Waals surface area contributed by atoms with E-state index >= 15 is 0 Å². The van der Waals surface area contributed by atoms with Crippen molar-refractivity contribution in [3.63, 3.8) is 0 Å². The molecule has 36 heavy (non-hydrogen) atoms. The van der Waals surface area contributed by atoms with Gasteiger partial charge in [-0.05, 0) is 18.2 Å². The van der Waals surface area contributed by atoms with Crippen molar-refractivity contribution in [3.05, 3.63) is 81.0 Å². The van der Waals surface area contributed by atoms with Gasteiger partial charge < -0.3 is 11.1 Å². The number of thiazole rings is 1. The van der Waals surface area contributed by atoms with Gasteiger partial charge in [0.05, 0.1) is 39.2 Å². The van der Waals surface area contributed by atoms with Crippen LogP contribution in [0.3, 0.4) is 0 Å². The third kappa shape index (κ3) is 5.39. The van der Waals surface area contributed by atoms with Gasteiger partial charge in [-0.3, -0.25) is 9.59 Å². The van der Waals surface area contributed by atoms with Gasteiger partial charge in [0.15, 0.2) is 5.78 Å². The zero-order valence-corrected chi connectivity index (χ0v) is 20.2. The van der Waals surface area contributed by atoms with Crippen LogP contribution < -0.4 is 11.1 Å². The summed E-state index contributed by atoms with van der Waals surface area (Å²) in [6, 6.07) is 9.79. The molecule has 186 valence electrons. The Kier molecular flexibility index (Phi) is 7.09. The molecule has 4 rings (SSSR count). The summed E-state index contributed by atoms with van der Waals surface area (Å²) in [4.78, 5) is 33.5. The van der Waals surface area contributed by atoms with Crippen molar-refractivity contribution in [1.29, 1.82) is 0 Å². The number of nitrogen functional groups attached to an aromatic ring is 1. The Hall–Kier alpha value is -3.77. The number of ketones is 1. The molecule has 0 aliphatic rings. The number of nitrogens with two attached hydrogens (primary N) is 1. The Morgan fingerprint density at radius 3 is 2.58 bits per heavy atom. The van der Waals surface area contributed by atoms with E-state index in [4.69, 9.17) is 17.3 Å². The van der Waals surface area contributed by atoms with E-state index in [0.717, 1.165) is 23.2 Å². The van der Waals surface area contributed by atoms with Crippen LogP contribution in [0.2, 0.25) is 5.02 Å². The molecule has 0 aliphatic carbocycles. The minimum Gasteiger partial charge on any atom is -0.383 e. The van der Waals surface area contributed by atoms with Crippen LogP contribution in [0.25, 0.3) is 5.69 Å². The monoisotopic (exact) mass is 534 g/mol. The lowest BCUT2D eigenvalue weighted by Gasteiger charge is -2.10. The van der Waals surface area contributed by atoms with Crippen molar-refractivity contribution < 1.29 is 22.8 Å². The number of halogens is 4. The summed E-state index contributed by atoms with van der Waals surface area (Å²) in [5, 5.41) is 6.44. The van der Waals surface area contributed by atoms with E-state index in [2.05, 4.69) is 20.4 Å². The number of hydrogen-bond donors (Lipinski definition) is 2. The molecule has 3 heterocycles. The summed E-state index contributed by atoms with van der Waals surface area (Å²) in [7, 11) is 0. The van der Waals surface area contributed by atoms with Crippen molar-refractivity contribution in [2.45, 2.75) is 25.4 Å². The number of amides is 1. The van der Waals surface area contributed by atoms with E-state index in [1.54, 1.807) is 6.92 Å². The third-order valence-electron chi connectivity index (χ3n) is 5.17. The van der Waals surface area contributed by atoms with Crippen molar-refractivity contribution in [3.8, 4) is 5.69 Å². The maximum Gasteiger partial charge on any atom is 0.418 e. The van der Waals surface area contributed by atoms with Crippen LogP contribution in [0.15, 0.2) is 55.0 Å². The minimum atomic E-state index is -4.69. The smallest absolute Gasteiger partial charge is 0.383 e. The maximum atomic E-state index is 13.0. The number of alkyl halides is 3. The van der Waals surface area contributed by atoms with Crippen LogP contribution in [0.5, 0.6) is 0 Å². The fourth-order valence-corrected chi connectivity index (χ4v) is 4.42.